The molecule has 0 fully saturated rings. The summed E-state index contributed by atoms with van der Waals surface area (Å²) in [7, 11) is 0. The minimum Gasteiger partial charge on any atom is -0.457 e. The third kappa shape index (κ3) is 2.87. The molecule has 0 aliphatic heterocycles. The van der Waals surface area contributed by atoms with Gasteiger partial charge in [0.25, 0.3) is 0 Å². The molecule has 0 unspecified atom stereocenters. The van der Waals surface area contributed by atoms with Crippen LogP contribution in [0.1, 0.15) is 19.4 Å². The van der Waals surface area contributed by atoms with Crippen LogP contribution in [0.3, 0.4) is 0 Å². The Morgan fingerprint density at radius 3 is 2.22 bits per heavy atom. The summed E-state index contributed by atoms with van der Waals surface area (Å²) in [6, 6.07) is 13.6. The average Bonchev–Trinajstić information content (AvgIpc) is 2.28. The van der Waals surface area contributed by atoms with Gasteiger partial charge in [-0.3, -0.25) is 0 Å². The first-order valence-corrected chi connectivity index (χ1v) is 5.72. The first-order chi connectivity index (χ1) is 8.47. The van der Waals surface area contributed by atoms with E-state index in [9.17, 15) is 9.50 Å². The lowest BCUT2D eigenvalue weighted by molar-refractivity contribution is 0.0745. The Kier molecular flexibility index (Phi) is 3.34. The summed E-state index contributed by atoms with van der Waals surface area (Å²) in [5, 5.41) is 9.77. The van der Waals surface area contributed by atoms with Crippen molar-refractivity contribution in [1.29, 1.82) is 0 Å². The average molecular weight is 246 g/mol. The van der Waals surface area contributed by atoms with E-state index >= 15 is 0 Å². The molecule has 2 rings (SSSR count). The molecule has 0 aliphatic carbocycles. The second-order valence-corrected chi connectivity index (χ2v) is 4.62. The maximum Gasteiger partial charge on any atom is 0.132 e. The molecule has 0 heterocycles. The van der Waals surface area contributed by atoms with Gasteiger partial charge >= 0.3 is 0 Å². The van der Waals surface area contributed by atoms with Gasteiger partial charge in [0.2, 0.25) is 0 Å². The molecule has 1 N–H and O–H groups in total. The number of para-hydroxylation sites is 1. The van der Waals surface area contributed by atoms with Gasteiger partial charge in [0, 0.05) is 11.6 Å². The van der Waals surface area contributed by atoms with Crippen molar-refractivity contribution in [2.45, 2.75) is 19.4 Å². The van der Waals surface area contributed by atoms with Crippen LogP contribution in [0.5, 0.6) is 11.5 Å². The highest BCUT2D eigenvalue weighted by molar-refractivity contribution is 5.35. The van der Waals surface area contributed by atoms with Crippen LogP contribution in [0.2, 0.25) is 0 Å². The molecule has 94 valence electrons. The van der Waals surface area contributed by atoms with Gasteiger partial charge in [-0.1, -0.05) is 18.2 Å². The Morgan fingerprint density at radius 2 is 1.67 bits per heavy atom. The van der Waals surface area contributed by atoms with Crippen molar-refractivity contribution in [3.8, 4) is 11.5 Å². The summed E-state index contributed by atoms with van der Waals surface area (Å²) in [6.07, 6.45) is 0. The number of aliphatic hydroxyl groups is 1. The summed E-state index contributed by atoms with van der Waals surface area (Å²) in [5.41, 5.74) is -0.946. The molecule has 2 nitrogen and oxygen atoms in total. The summed E-state index contributed by atoms with van der Waals surface area (Å²) in [6.45, 7) is 3.09. The van der Waals surface area contributed by atoms with E-state index in [1.54, 1.807) is 32.0 Å². The normalized spacial score (nSPS) is 11.3. The van der Waals surface area contributed by atoms with Gasteiger partial charge in [0.1, 0.15) is 17.3 Å². The predicted octanol–water partition coefficient (Wildman–Crippen LogP) is 3.85. The van der Waals surface area contributed by atoms with E-state index in [-0.39, 0.29) is 5.56 Å². The first kappa shape index (κ1) is 12.6. The maximum atomic E-state index is 13.8. The summed E-state index contributed by atoms with van der Waals surface area (Å²) in [4.78, 5) is 0. The fraction of sp³-hybridized carbons (Fsp3) is 0.200. The van der Waals surface area contributed by atoms with Crippen molar-refractivity contribution in [2.24, 2.45) is 0 Å². The highest BCUT2D eigenvalue weighted by atomic mass is 19.1. The van der Waals surface area contributed by atoms with E-state index in [2.05, 4.69) is 0 Å². The molecular weight excluding hydrogens is 231 g/mol. The number of halogens is 1. The van der Waals surface area contributed by atoms with Gasteiger partial charge in [0.05, 0.1) is 5.60 Å². The maximum absolute atomic E-state index is 13.8. The first-order valence-electron chi connectivity index (χ1n) is 5.72. The Bertz CT molecular complexity index is 530. The quantitative estimate of drug-likeness (QED) is 0.891. The molecule has 0 saturated carbocycles. The SMILES string of the molecule is CC(C)(O)c1ccc(Oc2ccccc2)cc1F. The highest BCUT2D eigenvalue weighted by Gasteiger charge is 2.20. The Morgan fingerprint density at radius 1 is 1.00 bits per heavy atom. The Balaban J connectivity index is 2.25. The number of benzene rings is 2. The smallest absolute Gasteiger partial charge is 0.132 e. The molecule has 18 heavy (non-hydrogen) atoms. The fourth-order valence-corrected chi connectivity index (χ4v) is 1.68. The van der Waals surface area contributed by atoms with E-state index in [1.165, 1.54) is 12.1 Å². The van der Waals surface area contributed by atoms with Crippen molar-refractivity contribution < 1.29 is 14.2 Å². The monoisotopic (exact) mass is 246 g/mol. The zero-order chi connectivity index (χ0) is 13.2. The third-order valence-corrected chi connectivity index (χ3v) is 2.58. The van der Waals surface area contributed by atoms with Gasteiger partial charge in [-0.15, -0.1) is 0 Å². The molecular formula is C15H15FO2. The topological polar surface area (TPSA) is 29.5 Å². The highest BCUT2D eigenvalue weighted by Crippen LogP contribution is 2.28. The molecule has 0 saturated heterocycles. The number of ether oxygens (including phenoxy) is 1. The van der Waals surface area contributed by atoms with Crippen LogP contribution in [0.25, 0.3) is 0 Å². The van der Waals surface area contributed by atoms with E-state index in [1.807, 2.05) is 18.2 Å². The van der Waals surface area contributed by atoms with Gasteiger partial charge in [-0.25, -0.2) is 4.39 Å². The lowest BCUT2D eigenvalue weighted by Gasteiger charge is -2.19. The summed E-state index contributed by atoms with van der Waals surface area (Å²) in [5.74, 6) is 0.579. The number of hydrogen-bond acceptors (Lipinski definition) is 2. The lowest BCUT2D eigenvalue weighted by atomic mass is 9.98. The Hall–Kier alpha value is -1.87. The van der Waals surface area contributed by atoms with Crippen LogP contribution in [0.4, 0.5) is 4.39 Å². The van der Waals surface area contributed by atoms with Crippen molar-refractivity contribution in [1.82, 2.24) is 0 Å². The predicted molar refractivity (Wildman–Crippen MR) is 68.2 cm³/mol. The fourth-order valence-electron chi connectivity index (χ4n) is 1.68. The molecule has 0 aromatic heterocycles. The molecule has 0 aliphatic rings. The van der Waals surface area contributed by atoms with Crippen LogP contribution in [-0.4, -0.2) is 5.11 Å². The van der Waals surface area contributed by atoms with Crippen LogP contribution < -0.4 is 4.74 Å². The minimum absolute atomic E-state index is 0.253. The van der Waals surface area contributed by atoms with E-state index in [0.717, 1.165) is 0 Å². The molecule has 2 aromatic carbocycles. The molecule has 0 amide bonds. The van der Waals surface area contributed by atoms with Crippen molar-refractivity contribution in [2.75, 3.05) is 0 Å². The third-order valence-electron chi connectivity index (χ3n) is 2.58. The van der Waals surface area contributed by atoms with Crippen molar-refractivity contribution >= 4 is 0 Å². The molecule has 3 heteroatoms. The van der Waals surface area contributed by atoms with Gasteiger partial charge in [-0.2, -0.15) is 0 Å². The molecule has 0 spiro atoms. The molecule has 0 atom stereocenters. The molecule has 2 aromatic rings. The van der Waals surface area contributed by atoms with Gasteiger partial charge in [-0.05, 0) is 38.1 Å². The van der Waals surface area contributed by atoms with Crippen LogP contribution in [0.15, 0.2) is 48.5 Å². The number of rotatable bonds is 3. The van der Waals surface area contributed by atoms with Crippen molar-refractivity contribution in [3.05, 3.63) is 59.9 Å². The van der Waals surface area contributed by atoms with Crippen molar-refractivity contribution in [3.63, 3.8) is 0 Å². The van der Waals surface area contributed by atoms with Gasteiger partial charge < -0.3 is 9.84 Å². The van der Waals surface area contributed by atoms with E-state index in [0.29, 0.717) is 11.5 Å². The minimum atomic E-state index is -1.20. The summed E-state index contributed by atoms with van der Waals surface area (Å²) < 4.78 is 19.3. The zero-order valence-electron chi connectivity index (χ0n) is 10.4. The van der Waals surface area contributed by atoms with E-state index < -0.39 is 11.4 Å². The standard InChI is InChI=1S/C15H15FO2/c1-15(2,17)13-9-8-12(10-14(13)16)18-11-6-4-3-5-7-11/h3-10,17H,1-2H3. The van der Waals surface area contributed by atoms with Crippen LogP contribution >= 0.6 is 0 Å². The largest absolute Gasteiger partial charge is 0.457 e. The second kappa shape index (κ2) is 4.78. The van der Waals surface area contributed by atoms with Crippen LogP contribution in [-0.2, 0) is 5.60 Å². The number of hydrogen-bond donors (Lipinski definition) is 1. The lowest BCUT2D eigenvalue weighted by Crippen LogP contribution is -2.17. The molecule has 0 bridgehead atoms. The van der Waals surface area contributed by atoms with Crippen LogP contribution in [0, 0.1) is 5.82 Å². The molecule has 0 radical (unpaired) electrons. The zero-order valence-corrected chi connectivity index (χ0v) is 10.4. The second-order valence-electron chi connectivity index (χ2n) is 4.62. The summed E-state index contributed by atoms with van der Waals surface area (Å²) >= 11 is 0. The van der Waals surface area contributed by atoms with Gasteiger partial charge in [0.15, 0.2) is 0 Å². The van der Waals surface area contributed by atoms with E-state index in [4.69, 9.17) is 4.74 Å². The Labute approximate surface area is 106 Å².